The van der Waals surface area contributed by atoms with Gasteiger partial charge in [-0.2, -0.15) is 0 Å². The average Bonchev–Trinajstić information content (AvgIpc) is 3.12. The Labute approximate surface area is 156 Å². The summed E-state index contributed by atoms with van der Waals surface area (Å²) in [6, 6.07) is 4.41. The van der Waals surface area contributed by atoms with Gasteiger partial charge in [-0.1, -0.05) is 23.2 Å². The van der Waals surface area contributed by atoms with Crippen molar-refractivity contribution < 1.29 is 24.9 Å². The molecule has 1 heterocycles. The molecule has 3 N–H and O–H groups in total. The number of aliphatic hydroxyl groups excluding tert-OH is 2. The number of halogens is 2. The predicted molar refractivity (Wildman–Crippen MR) is 94.7 cm³/mol. The Balaban J connectivity index is 0.000000293. The molecule has 1 atom stereocenters. The van der Waals surface area contributed by atoms with Gasteiger partial charge in [-0.15, -0.1) is 0 Å². The van der Waals surface area contributed by atoms with Crippen LogP contribution in [0, 0.1) is 0 Å². The van der Waals surface area contributed by atoms with Crippen LogP contribution in [0.15, 0.2) is 18.2 Å². The summed E-state index contributed by atoms with van der Waals surface area (Å²) >= 11 is 11.1. The molecule has 0 aliphatic carbocycles. The van der Waals surface area contributed by atoms with Crippen LogP contribution in [-0.2, 0) is 9.59 Å². The van der Waals surface area contributed by atoms with Crippen molar-refractivity contribution in [1.29, 1.82) is 0 Å². The number of phenolic OH excluding ortho intramolecular Hbond substituents is 1. The Morgan fingerprint density at radius 2 is 1.84 bits per heavy atom. The number of phenols is 1. The number of carbonyl (C=O) groups excluding carboxylic acids is 2. The molecule has 1 aliphatic rings. The van der Waals surface area contributed by atoms with E-state index in [1.165, 1.54) is 19.2 Å². The fraction of sp³-hybridized carbons (Fsp3) is 0.500. The van der Waals surface area contributed by atoms with E-state index >= 15 is 0 Å². The lowest BCUT2D eigenvalue weighted by atomic mass is 10.3. The summed E-state index contributed by atoms with van der Waals surface area (Å²) in [7, 11) is 1.44. The minimum Gasteiger partial charge on any atom is -0.508 e. The minimum atomic E-state index is -1.43. The van der Waals surface area contributed by atoms with E-state index in [2.05, 4.69) is 0 Å². The summed E-state index contributed by atoms with van der Waals surface area (Å²) in [4.78, 5) is 25.9. The summed E-state index contributed by atoms with van der Waals surface area (Å²) in [5.41, 5.74) is 0. The van der Waals surface area contributed by atoms with Crippen LogP contribution in [0.4, 0.5) is 0 Å². The molecular formula is C16H22Cl2N2O5. The summed E-state index contributed by atoms with van der Waals surface area (Å²) in [5, 5.41) is 27.3. The molecule has 140 valence electrons. The van der Waals surface area contributed by atoms with Crippen LogP contribution in [0.5, 0.6) is 5.75 Å². The van der Waals surface area contributed by atoms with Crippen molar-refractivity contribution in [3.05, 3.63) is 28.2 Å². The molecule has 2 rings (SSSR count). The normalized spacial score (nSPS) is 14.5. The monoisotopic (exact) mass is 392 g/mol. The second-order valence-corrected chi connectivity index (χ2v) is 6.39. The van der Waals surface area contributed by atoms with Crippen molar-refractivity contribution in [2.75, 3.05) is 33.3 Å². The quantitative estimate of drug-likeness (QED) is 0.712. The van der Waals surface area contributed by atoms with E-state index in [9.17, 15) is 9.59 Å². The van der Waals surface area contributed by atoms with E-state index in [4.69, 9.17) is 38.5 Å². The van der Waals surface area contributed by atoms with Crippen molar-refractivity contribution in [3.8, 4) is 5.75 Å². The zero-order valence-corrected chi connectivity index (χ0v) is 15.4. The number of carbonyl (C=O) groups is 2. The van der Waals surface area contributed by atoms with Crippen LogP contribution in [0.2, 0.25) is 10.0 Å². The van der Waals surface area contributed by atoms with Crippen molar-refractivity contribution in [3.63, 3.8) is 0 Å². The number of hydrogen-bond donors (Lipinski definition) is 3. The Bertz CT molecular complexity index is 594. The minimum absolute atomic E-state index is 0.0457. The second-order valence-electron chi connectivity index (χ2n) is 5.58. The molecule has 0 bridgehead atoms. The van der Waals surface area contributed by atoms with Gasteiger partial charge in [0.15, 0.2) is 6.10 Å². The number of hydrogen-bond acceptors (Lipinski definition) is 5. The Morgan fingerprint density at radius 3 is 2.32 bits per heavy atom. The van der Waals surface area contributed by atoms with Crippen molar-refractivity contribution in [2.45, 2.75) is 18.9 Å². The van der Waals surface area contributed by atoms with Crippen LogP contribution in [0.25, 0.3) is 0 Å². The highest BCUT2D eigenvalue weighted by atomic mass is 35.5. The SMILES string of the molecule is CN(CC(=O)N1CCCC1)C(=O)C(O)CO.Oc1ccc(Cl)c(Cl)c1. The summed E-state index contributed by atoms with van der Waals surface area (Å²) in [6.07, 6.45) is 0.571. The zero-order chi connectivity index (χ0) is 19.0. The third-order valence-corrected chi connectivity index (χ3v) is 4.31. The molecule has 1 fully saturated rings. The van der Waals surface area contributed by atoms with Gasteiger partial charge in [0, 0.05) is 20.1 Å². The highest BCUT2D eigenvalue weighted by molar-refractivity contribution is 6.42. The molecule has 0 spiro atoms. The standard InChI is InChI=1S/C10H18N2O4.C6H4Cl2O/c1-11(10(16)8(14)7-13)6-9(15)12-4-2-3-5-12;7-5-2-1-4(9)3-6(5)8/h8,13-14H,2-7H2,1H3;1-3,9H. The number of rotatable bonds is 4. The first-order chi connectivity index (χ1) is 11.8. The fourth-order valence-corrected chi connectivity index (χ4v) is 2.46. The number of aliphatic hydroxyl groups is 2. The van der Waals surface area contributed by atoms with Gasteiger partial charge in [-0.3, -0.25) is 9.59 Å². The molecule has 0 saturated carbocycles. The van der Waals surface area contributed by atoms with E-state index in [0.717, 1.165) is 30.8 Å². The second kappa shape index (κ2) is 10.5. The van der Waals surface area contributed by atoms with Crippen LogP contribution in [-0.4, -0.2) is 76.3 Å². The molecule has 1 unspecified atom stereocenters. The van der Waals surface area contributed by atoms with E-state index in [0.29, 0.717) is 10.0 Å². The highest BCUT2D eigenvalue weighted by Crippen LogP contribution is 2.25. The Kier molecular flexibility index (Phi) is 8.99. The first kappa shape index (κ1) is 21.5. The van der Waals surface area contributed by atoms with Crippen molar-refractivity contribution in [2.24, 2.45) is 0 Å². The maximum atomic E-state index is 11.7. The smallest absolute Gasteiger partial charge is 0.254 e. The summed E-state index contributed by atoms with van der Waals surface area (Å²) in [5.74, 6) is -0.613. The molecule has 1 aromatic rings. The summed E-state index contributed by atoms with van der Waals surface area (Å²) < 4.78 is 0. The topological polar surface area (TPSA) is 101 Å². The molecule has 2 amide bonds. The predicted octanol–water partition coefficient (Wildman–Crippen LogP) is 1.12. The third kappa shape index (κ3) is 7.07. The van der Waals surface area contributed by atoms with Crippen molar-refractivity contribution in [1.82, 2.24) is 9.80 Å². The first-order valence-corrected chi connectivity index (χ1v) is 8.47. The van der Waals surface area contributed by atoms with Crippen LogP contribution in [0.1, 0.15) is 12.8 Å². The summed E-state index contributed by atoms with van der Waals surface area (Å²) in [6.45, 7) is 0.809. The van der Waals surface area contributed by atoms with Gasteiger partial charge in [-0.05, 0) is 31.0 Å². The van der Waals surface area contributed by atoms with E-state index in [-0.39, 0.29) is 18.2 Å². The molecule has 1 saturated heterocycles. The Hall–Kier alpha value is -1.54. The number of likely N-dealkylation sites (N-methyl/N-ethyl adjacent to an activating group) is 1. The molecule has 1 aliphatic heterocycles. The number of amides is 2. The van der Waals surface area contributed by atoms with Gasteiger partial charge in [0.1, 0.15) is 5.75 Å². The van der Waals surface area contributed by atoms with E-state index < -0.39 is 18.6 Å². The molecular weight excluding hydrogens is 371 g/mol. The maximum absolute atomic E-state index is 11.7. The molecule has 9 heteroatoms. The number of likely N-dealkylation sites (tertiary alicyclic amines) is 1. The molecule has 25 heavy (non-hydrogen) atoms. The van der Waals surface area contributed by atoms with Crippen molar-refractivity contribution >= 4 is 35.0 Å². The van der Waals surface area contributed by atoms with E-state index in [1.807, 2.05) is 0 Å². The van der Waals surface area contributed by atoms with Gasteiger partial charge < -0.3 is 25.1 Å². The zero-order valence-electron chi connectivity index (χ0n) is 13.9. The first-order valence-electron chi connectivity index (χ1n) is 7.72. The van der Waals surface area contributed by atoms with Gasteiger partial charge in [0.25, 0.3) is 5.91 Å². The van der Waals surface area contributed by atoms with Gasteiger partial charge in [0.05, 0.1) is 23.2 Å². The molecule has 7 nitrogen and oxygen atoms in total. The average molecular weight is 393 g/mol. The molecule has 0 aromatic heterocycles. The number of benzene rings is 1. The fourth-order valence-electron chi connectivity index (χ4n) is 2.16. The molecule has 1 aromatic carbocycles. The molecule has 0 radical (unpaired) electrons. The Morgan fingerprint density at radius 1 is 1.24 bits per heavy atom. The van der Waals surface area contributed by atoms with Gasteiger partial charge in [-0.25, -0.2) is 0 Å². The third-order valence-electron chi connectivity index (χ3n) is 3.57. The van der Waals surface area contributed by atoms with Crippen LogP contribution < -0.4 is 0 Å². The van der Waals surface area contributed by atoms with Crippen LogP contribution in [0.3, 0.4) is 0 Å². The largest absolute Gasteiger partial charge is 0.508 e. The lowest BCUT2D eigenvalue weighted by Crippen LogP contribution is -2.44. The van der Waals surface area contributed by atoms with Gasteiger partial charge in [0.2, 0.25) is 5.91 Å². The van der Waals surface area contributed by atoms with Crippen LogP contribution >= 0.6 is 23.2 Å². The number of aromatic hydroxyl groups is 1. The van der Waals surface area contributed by atoms with E-state index in [1.54, 1.807) is 11.0 Å². The van der Waals surface area contributed by atoms with Gasteiger partial charge >= 0.3 is 0 Å². The maximum Gasteiger partial charge on any atom is 0.254 e. The number of nitrogens with zero attached hydrogens (tertiary/aromatic N) is 2. The highest BCUT2D eigenvalue weighted by Gasteiger charge is 2.24. The lowest BCUT2D eigenvalue weighted by Gasteiger charge is -2.22. The lowest BCUT2D eigenvalue weighted by molar-refractivity contribution is -0.145.